The molecule has 0 amide bonds. The highest BCUT2D eigenvalue weighted by Crippen LogP contribution is 2.15. The number of anilines is 2. The first-order valence-electron chi connectivity index (χ1n) is 6.54. The molecule has 1 atom stereocenters. The van der Waals surface area contributed by atoms with Gasteiger partial charge in [0.1, 0.15) is 0 Å². The van der Waals surface area contributed by atoms with Gasteiger partial charge in [0.15, 0.2) is 0 Å². The van der Waals surface area contributed by atoms with Crippen LogP contribution in [0.5, 0.6) is 0 Å². The number of hydrogen-bond donors (Lipinski definition) is 2. The van der Waals surface area contributed by atoms with E-state index in [1.807, 2.05) is 25.7 Å². The van der Waals surface area contributed by atoms with Gasteiger partial charge in [0.2, 0.25) is 17.2 Å². The maximum absolute atomic E-state index is 9.95. The summed E-state index contributed by atoms with van der Waals surface area (Å²) >= 11 is 5.90. The summed E-state index contributed by atoms with van der Waals surface area (Å²) in [5.74, 6) is 0.930. The molecule has 0 radical (unpaired) electrons. The predicted octanol–water partition coefficient (Wildman–Crippen LogP) is 1.94. The molecule has 19 heavy (non-hydrogen) atoms. The van der Waals surface area contributed by atoms with Gasteiger partial charge in [-0.3, -0.25) is 0 Å². The van der Waals surface area contributed by atoms with Crippen LogP contribution in [0.25, 0.3) is 0 Å². The molecule has 0 fully saturated rings. The second kappa shape index (κ2) is 6.86. The van der Waals surface area contributed by atoms with Crippen LogP contribution in [-0.4, -0.2) is 45.3 Å². The Morgan fingerprint density at radius 1 is 1.21 bits per heavy atom. The summed E-state index contributed by atoms with van der Waals surface area (Å²) in [7, 11) is 0. The fourth-order valence-electron chi connectivity index (χ4n) is 1.46. The van der Waals surface area contributed by atoms with E-state index in [0.717, 1.165) is 13.1 Å². The molecule has 0 saturated heterocycles. The molecule has 0 spiro atoms. The zero-order chi connectivity index (χ0) is 14.5. The van der Waals surface area contributed by atoms with Crippen LogP contribution in [0.1, 0.15) is 34.1 Å². The van der Waals surface area contributed by atoms with Crippen LogP contribution in [-0.2, 0) is 0 Å². The maximum Gasteiger partial charge on any atom is 0.231 e. The average Bonchev–Trinajstić information content (AvgIpc) is 2.37. The minimum atomic E-state index is -0.797. The number of aromatic nitrogens is 3. The Morgan fingerprint density at radius 2 is 1.84 bits per heavy atom. The van der Waals surface area contributed by atoms with E-state index < -0.39 is 5.60 Å². The van der Waals surface area contributed by atoms with Crippen LogP contribution < -0.4 is 10.2 Å². The Labute approximate surface area is 119 Å². The van der Waals surface area contributed by atoms with Crippen LogP contribution in [0, 0.1) is 0 Å². The number of nitrogens with one attached hydrogen (secondary N) is 1. The zero-order valence-electron chi connectivity index (χ0n) is 11.9. The molecule has 108 valence electrons. The summed E-state index contributed by atoms with van der Waals surface area (Å²) in [5, 5.41) is 13.1. The third kappa shape index (κ3) is 4.80. The summed E-state index contributed by atoms with van der Waals surface area (Å²) in [4.78, 5) is 14.4. The van der Waals surface area contributed by atoms with Crippen molar-refractivity contribution < 1.29 is 5.11 Å². The molecule has 0 aliphatic rings. The van der Waals surface area contributed by atoms with Crippen LogP contribution in [0.3, 0.4) is 0 Å². The van der Waals surface area contributed by atoms with E-state index in [4.69, 9.17) is 11.6 Å². The van der Waals surface area contributed by atoms with E-state index in [2.05, 4.69) is 20.3 Å². The number of rotatable bonds is 7. The highest BCUT2D eigenvalue weighted by atomic mass is 35.5. The fraction of sp³-hybridized carbons (Fsp3) is 0.750. The smallest absolute Gasteiger partial charge is 0.231 e. The number of nitrogens with zero attached hydrogens (tertiary/aromatic N) is 4. The first-order valence-corrected chi connectivity index (χ1v) is 6.92. The SMILES string of the molecule is CCN(CC)c1nc(Cl)nc(NCC(C)(O)CC)n1. The molecule has 2 N–H and O–H groups in total. The number of hydrogen-bond acceptors (Lipinski definition) is 6. The molecule has 6 nitrogen and oxygen atoms in total. The lowest BCUT2D eigenvalue weighted by Crippen LogP contribution is -2.33. The fourth-order valence-corrected chi connectivity index (χ4v) is 1.62. The van der Waals surface area contributed by atoms with Crippen molar-refractivity contribution in [2.45, 2.75) is 39.7 Å². The van der Waals surface area contributed by atoms with Gasteiger partial charge in [0, 0.05) is 19.6 Å². The monoisotopic (exact) mass is 287 g/mol. The second-order valence-corrected chi connectivity index (χ2v) is 4.94. The molecule has 1 heterocycles. The van der Waals surface area contributed by atoms with Gasteiger partial charge in [0.05, 0.1) is 5.60 Å². The lowest BCUT2D eigenvalue weighted by atomic mass is 10.0. The van der Waals surface area contributed by atoms with Crippen molar-refractivity contribution in [2.24, 2.45) is 0 Å². The Hall–Kier alpha value is -1.14. The average molecular weight is 288 g/mol. The minimum absolute atomic E-state index is 0.149. The van der Waals surface area contributed by atoms with Gasteiger partial charge in [-0.05, 0) is 38.8 Å². The molecule has 0 aliphatic carbocycles. The largest absolute Gasteiger partial charge is 0.388 e. The molecule has 1 unspecified atom stereocenters. The van der Waals surface area contributed by atoms with Gasteiger partial charge in [-0.2, -0.15) is 15.0 Å². The molecular formula is C12H22ClN5O. The summed E-state index contributed by atoms with van der Waals surface area (Å²) in [6.45, 7) is 9.68. The molecule has 1 aromatic rings. The normalized spacial score (nSPS) is 14.0. The van der Waals surface area contributed by atoms with Crippen molar-refractivity contribution in [3.05, 3.63) is 5.28 Å². The van der Waals surface area contributed by atoms with E-state index >= 15 is 0 Å². The molecule has 0 saturated carbocycles. The third-order valence-corrected chi connectivity index (χ3v) is 3.20. The number of aliphatic hydroxyl groups is 1. The van der Waals surface area contributed by atoms with E-state index in [1.54, 1.807) is 6.92 Å². The van der Waals surface area contributed by atoms with E-state index in [9.17, 15) is 5.11 Å². The summed E-state index contributed by atoms with van der Waals surface area (Å²) in [5.41, 5.74) is -0.797. The van der Waals surface area contributed by atoms with Crippen molar-refractivity contribution in [3.8, 4) is 0 Å². The van der Waals surface area contributed by atoms with E-state index in [0.29, 0.717) is 24.9 Å². The highest BCUT2D eigenvalue weighted by Gasteiger charge is 2.18. The maximum atomic E-state index is 9.95. The highest BCUT2D eigenvalue weighted by molar-refractivity contribution is 6.28. The van der Waals surface area contributed by atoms with E-state index in [-0.39, 0.29) is 5.28 Å². The van der Waals surface area contributed by atoms with Crippen LogP contribution in [0.2, 0.25) is 5.28 Å². The molecule has 0 aliphatic heterocycles. The predicted molar refractivity (Wildman–Crippen MR) is 77.8 cm³/mol. The lowest BCUT2D eigenvalue weighted by Gasteiger charge is -2.22. The second-order valence-electron chi connectivity index (χ2n) is 4.60. The van der Waals surface area contributed by atoms with Crippen molar-refractivity contribution in [3.63, 3.8) is 0 Å². The molecule has 0 bridgehead atoms. The minimum Gasteiger partial charge on any atom is -0.388 e. The zero-order valence-corrected chi connectivity index (χ0v) is 12.7. The van der Waals surface area contributed by atoms with Crippen molar-refractivity contribution in [1.82, 2.24) is 15.0 Å². The Bertz CT molecular complexity index is 409. The molecule has 0 aromatic carbocycles. The summed E-state index contributed by atoms with van der Waals surface area (Å²) in [6.07, 6.45) is 0.641. The van der Waals surface area contributed by atoms with Crippen LogP contribution in [0.4, 0.5) is 11.9 Å². The van der Waals surface area contributed by atoms with Gasteiger partial charge in [-0.15, -0.1) is 0 Å². The Kier molecular flexibility index (Phi) is 5.75. The first kappa shape index (κ1) is 15.9. The van der Waals surface area contributed by atoms with Crippen molar-refractivity contribution in [1.29, 1.82) is 0 Å². The quantitative estimate of drug-likeness (QED) is 0.798. The lowest BCUT2D eigenvalue weighted by molar-refractivity contribution is 0.0695. The number of halogens is 1. The van der Waals surface area contributed by atoms with Crippen LogP contribution in [0.15, 0.2) is 0 Å². The molecule has 1 rings (SSSR count). The topological polar surface area (TPSA) is 74.2 Å². The van der Waals surface area contributed by atoms with Gasteiger partial charge < -0.3 is 15.3 Å². The molecule has 7 heteroatoms. The Morgan fingerprint density at radius 3 is 2.37 bits per heavy atom. The molecule has 1 aromatic heterocycles. The van der Waals surface area contributed by atoms with Crippen LogP contribution >= 0.6 is 11.6 Å². The first-order chi connectivity index (χ1) is 8.91. The van der Waals surface area contributed by atoms with Gasteiger partial charge in [0.25, 0.3) is 0 Å². The van der Waals surface area contributed by atoms with E-state index in [1.165, 1.54) is 0 Å². The third-order valence-electron chi connectivity index (χ3n) is 3.03. The van der Waals surface area contributed by atoms with Gasteiger partial charge in [-0.25, -0.2) is 0 Å². The van der Waals surface area contributed by atoms with Gasteiger partial charge >= 0.3 is 0 Å². The standard InChI is InChI=1S/C12H22ClN5O/c1-5-12(4,19)8-14-10-15-9(13)16-11(17-10)18(6-2)7-3/h19H,5-8H2,1-4H3,(H,14,15,16,17). The molecular weight excluding hydrogens is 266 g/mol. The summed E-state index contributed by atoms with van der Waals surface area (Å²) < 4.78 is 0. The summed E-state index contributed by atoms with van der Waals surface area (Å²) in [6, 6.07) is 0. The Balaban J connectivity index is 2.85. The van der Waals surface area contributed by atoms with Crippen molar-refractivity contribution in [2.75, 3.05) is 29.9 Å². The van der Waals surface area contributed by atoms with Gasteiger partial charge in [-0.1, -0.05) is 6.92 Å². The van der Waals surface area contributed by atoms with Crippen molar-refractivity contribution >= 4 is 23.5 Å².